The van der Waals surface area contributed by atoms with Crippen molar-refractivity contribution in [3.8, 4) is 21.7 Å². The molecule has 90 valence electrons. The fourth-order valence-electron chi connectivity index (χ4n) is 1.81. The van der Waals surface area contributed by atoms with Gasteiger partial charge in [-0.05, 0) is 29.1 Å². The van der Waals surface area contributed by atoms with Crippen molar-refractivity contribution >= 4 is 28.8 Å². The SMILES string of the molecule is Nc1onc(-c2cccs2)c1-c1cccc(Cl)c1. The fourth-order valence-corrected chi connectivity index (χ4v) is 2.71. The van der Waals surface area contributed by atoms with E-state index in [1.165, 1.54) is 0 Å². The Balaban J connectivity index is 2.20. The number of nitrogen functional groups attached to an aromatic ring is 1. The number of anilines is 1. The highest BCUT2D eigenvalue weighted by Crippen LogP contribution is 2.38. The molecule has 0 radical (unpaired) electrons. The van der Waals surface area contributed by atoms with E-state index in [2.05, 4.69) is 5.16 Å². The van der Waals surface area contributed by atoms with Crippen LogP contribution in [-0.4, -0.2) is 5.16 Å². The van der Waals surface area contributed by atoms with Crippen LogP contribution in [-0.2, 0) is 0 Å². The molecule has 0 fully saturated rings. The Labute approximate surface area is 113 Å². The fraction of sp³-hybridized carbons (Fsp3) is 0. The van der Waals surface area contributed by atoms with Gasteiger partial charge in [-0.25, -0.2) is 0 Å². The molecular weight excluding hydrogens is 268 g/mol. The van der Waals surface area contributed by atoms with Gasteiger partial charge in [0.1, 0.15) is 5.69 Å². The van der Waals surface area contributed by atoms with Gasteiger partial charge in [0.2, 0.25) is 5.88 Å². The van der Waals surface area contributed by atoms with Gasteiger partial charge >= 0.3 is 0 Å². The third-order valence-corrected chi connectivity index (χ3v) is 3.70. The van der Waals surface area contributed by atoms with Crippen LogP contribution in [0.15, 0.2) is 46.3 Å². The third kappa shape index (κ3) is 1.89. The lowest BCUT2D eigenvalue weighted by Crippen LogP contribution is -1.86. The molecule has 2 N–H and O–H groups in total. The number of thiophene rings is 1. The second kappa shape index (κ2) is 4.48. The number of nitrogens with two attached hydrogens (primary N) is 1. The summed E-state index contributed by atoms with van der Waals surface area (Å²) in [6.07, 6.45) is 0. The monoisotopic (exact) mass is 276 g/mol. The number of hydrogen-bond acceptors (Lipinski definition) is 4. The first-order chi connectivity index (χ1) is 8.75. The minimum absolute atomic E-state index is 0.306. The van der Waals surface area contributed by atoms with Gasteiger partial charge in [-0.15, -0.1) is 11.3 Å². The summed E-state index contributed by atoms with van der Waals surface area (Å²) in [5.74, 6) is 0.306. The summed E-state index contributed by atoms with van der Waals surface area (Å²) < 4.78 is 5.11. The lowest BCUT2D eigenvalue weighted by atomic mass is 10.1. The van der Waals surface area contributed by atoms with E-state index in [1.807, 2.05) is 41.8 Å². The van der Waals surface area contributed by atoms with E-state index in [0.29, 0.717) is 10.9 Å². The van der Waals surface area contributed by atoms with E-state index in [0.717, 1.165) is 21.7 Å². The van der Waals surface area contributed by atoms with Gasteiger partial charge < -0.3 is 10.3 Å². The minimum atomic E-state index is 0.306. The minimum Gasteiger partial charge on any atom is -0.367 e. The van der Waals surface area contributed by atoms with Crippen molar-refractivity contribution in [3.63, 3.8) is 0 Å². The second-order valence-electron chi connectivity index (χ2n) is 3.76. The molecule has 0 aliphatic heterocycles. The van der Waals surface area contributed by atoms with E-state index in [4.69, 9.17) is 21.9 Å². The van der Waals surface area contributed by atoms with Gasteiger partial charge in [0.05, 0.1) is 10.4 Å². The average Bonchev–Trinajstić information content (AvgIpc) is 2.97. The summed E-state index contributed by atoms with van der Waals surface area (Å²) in [6.45, 7) is 0. The summed E-state index contributed by atoms with van der Waals surface area (Å²) in [4.78, 5) is 1.02. The van der Waals surface area contributed by atoms with Crippen LogP contribution in [0, 0.1) is 0 Å². The molecule has 0 aliphatic rings. The van der Waals surface area contributed by atoms with Crippen LogP contribution in [0.3, 0.4) is 0 Å². The predicted molar refractivity (Wildman–Crippen MR) is 74.7 cm³/mol. The second-order valence-corrected chi connectivity index (χ2v) is 5.14. The van der Waals surface area contributed by atoms with Gasteiger partial charge in [0, 0.05) is 5.02 Å². The molecule has 2 aromatic heterocycles. The third-order valence-electron chi connectivity index (χ3n) is 2.59. The topological polar surface area (TPSA) is 52.0 Å². The molecule has 5 heteroatoms. The van der Waals surface area contributed by atoms with Crippen molar-refractivity contribution in [1.82, 2.24) is 5.16 Å². The van der Waals surface area contributed by atoms with E-state index in [9.17, 15) is 0 Å². The zero-order valence-corrected chi connectivity index (χ0v) is 10.8. The molecule has 2 heterocycles. The summed E-state index contributed by atoms with van der Waals surface area (Å²) >= 11 is 7.59. The van der Waals surface area contributed by atoms with E-state index < -0.39 is 0 Å². The molecule has 0 unspecified atom stereocenters. The molecule has 0 saturated carbocycles. The van der Waals surface area contributed by atoms with E-state index in [1.54, 1.807) is 11.3 Å². The Kier molecular flexibility index (Phi) is 2.81. The van der Waals surface area contributed by atoms with Crippen LogP contribution < -0.4 is 5.73 Å². The Hall–Kier alpha value is -1.78. The van der Waals surface area contributed by atoms with Crippen molar-refractivity contribution in [2.75, 3.05) is 5.73 Å². The summed E-state index contributed by atoms with van der Waals surface area (Å²) in [5, 5.41) is 6.68. The smallest absolute Gasteiger partial charge is 0.230 e. The normalized spacial score (nSPS) is 10.7. The Morgan fingerprint density at radius 3 is 2.83 bits per heavy atom. The van der Waals surface area contributed by atoms with Crippen LogP contribution in [0.2, 0.25) is 5.02 Å². The number of halogens is 1. The molecule has 0 saturated heterocycles. The molecule has 3 nitrogen and oxygen atoms in total. The average molecular weight is 277 g/mol. The number of rotatable bonds is 2. The van der Waals surface area contributed by atoms with Crippen LogP contribution >= 0.6 is 22.9 Å². The maximum Gasteiger partial charge on any atom is 0.230 e. The zero-order chi connectivity index (χ0) is 12.5. The van der Waals surface area contributed by atoms with E-state index >= 15 is 0 Å². The van der Waals surface area contributed by atoms with Crippen molar-refractivity contribution < 1.29 is 4.52 Å². The quantitative estimate of drug-likeness (QED) is 0.759. The molecule has 0 bridgehead atoms. The molecule has 0 atom stereocenters. The first kappa shape index (κ1) is 11.3. The molecule has 3 aromatic rings. The van der Waals surface area contributed by atoms with Crippen LogP contribution in [0.4, 0.5) is 5.88 Å². The molecule has 0 amide bonds. The first-order valence-corrected chi connectivity index (χ1v) is 6.56. The Morgan fingerprint density at radius 2 is 2.11 bits per heavy atom. The largest absolute Gasteiger partial charge is 0.367 e. The maximum absolute atomic E-state index is 6.00. The lowest BCUT2D eigenvalue weighted by molar-refractivity contribution is 0.439. The van der Waals surface area contributed by atoms with E-state index in [-0.39, 0.29) is 0 Å². The standard InChI is InChI=1S/C13H9ClN2OS/c14-9-4-1-3-8(7-9)11-12(16-17-13(11)15)10-5-2-6-18-10/h1-7H,15H2. The molecule has 18 heavy (non-hydrogen) atoms. The number of benzene rings is 1. The highest BCUT2D eigenvalue weighted by Gasteiger charge is 2.18. The molecule has 0 spiro atoms. The van der Waals surface area contributed by atoms with Crippen LogP contribution in [0.5, 0.6) is 0 Å². The molecular formula is C13H9ClN2OS. The van der Waals surface area contributed by atoms with Crippen LogP contribution in [0.1, 0.15) is 0 Å². The molecule has 0 aliphatic carbocycles. The zero-order valence-electron chi connectivity index (χ0n) is 9.26. The Morgan fingerprint density at radius 1 is 1.22 bits per heavy atom. The van der Waals surface area contributed by atoms with Gasteiger partial charge in [-0.1, -0.05) is 35.0 Å². The predicted octanol–water partition coefficient (Wildman–Crippen LogP) is 4.31. The summed E-state index contributed by atoms with van der Waals surface area (Å²) in [5.41, 5.74) is 8.32. The Bertz CT molecular complexity index is 676. The van der Waals surface area contributed by atoms with Gasteiger partial charge in [0.15, 0.2) is 0 Å². The van der Waals surface area contributed by atoms with Gasteiger partial charge in [0.25, 0.3) is 0 Å². The molecule has 1 aromatic carbocycles. The highest BCUT2D eigenvalue weighted by molar-refractivity contribution is 7.13. The summed E-state index contributed by atoms with van der Waals surface area (Å²) in [6, 6.07) is 11.4. The van der Waals surface area contributed by atoms with Crippen molar-refractivity contribution in [2.45, 2.75) is 0 Å². The highest BCUT2D eigenvalue weighted by atomic mass is 35.5. The van der Waals surface area contributed by atoms with Crippen LogP contribution in [0.25, 0.3) is 21.7 Å². The van der Waals surface area contributed by atoms with Crippen molar-refractivity contribution in [3.05, 3.63) is 46.8 Å². The van der Waals surface area contributed by atoms with Crippen molar-refractivity contribution in [1.29, 1.82) is 0 Å². The lowest BCUT2D eigenvalue weighted by Gasteiger charge is -2.01. The number of hydrogen-bond donors (Lipinski definition) is 1. The number of aromatic nitrogens is 1. The molecule has 3 rings (SSSR count). The number of nitrogens with zero attached hydrogens (tertiary/aromatic N) is 1. The van der Waals surface area contributed by atoms with Gasteiger partial charge in [-0.2, -0.15) is 0 Å². The summed E-state index contributed by atoms with van der Waals surface area (Å²) in [7, 11) is 0. The van der Waals surface area contributed by atoms with Crippen molar-refractivity contribution in [2.24, 2.45) is 0 Å². The maximum atomic E-state index is 6.00. The first-order valence-electron chi connectivity index (χ1n) is 5.30. The van der Waals surface area contributed by atoms with Gasteiger partial charge in [-0.3, -0.25) is 0 Å².